The Labute approximate surface area is 70.5 Å². The number of rotatable bonds is 2. The topological polar surface area (TPSA) is 72.4 Å². The van der Waals surface area contributed by atoms with Gasteiger partial charge in [0.2, 0.25) is 6.19 Å². The molecule has 0 aromatic heterocycles. The van der Waals surface area contributed by atoms with Crippen LogP contribution in [0.1, 0.15) is 6.42 Å². The Morgan fingerprint density at radius 1 is 1.58 bits per heavy atom. The van der Waals surface area contributed by atoms with Gasteiger partial charge in [0.25, 0.3) is 0 Å². The van der Waals surface area contributed by atoms with Crippen LogP contribution in [-0.2, 0) is 4.74 Å². The van der Waals surface area contributed by atoms with Gasteiger partial charge in [0.1, 0.15) is 6.61 Å². The van der Waals surface area contributed by atoms with Gasteiger partial charge in [0.05, 0.1) is 19.0 Å². The SMILES string of the molecule is N#CCCN1CCOC1=NC#N. The van der Waals surface area contributed by atoms with Gasteiger partial charge in [-0.3, -0.25) is 0 Å². The van der Waals surface area contributed by atoms with Crippen molar-refractivity contribution in [2.24, 2.45) is 4.99 Å². The Hall–Kier alpha value is -1.75. The lowest BCUT2D eigenvalue weighted by Crippen LogP contribution is -2.26. The van der Waals surface area contributed by atoms with Gasteiger partial charge in [-0.2, -0.15) is 10.5 Å². The monoisotopic (exact) mass is 164 g/mol. The van der Waals surface area contributed by atoms with Crippen LogP contribution in [0.2, 0.25) is 0 Å². The lowest BCUT2D eigenvalue weighted by atomic mass is 10.4. The van der Waals surface area contributed by atoms with Crippen LogP contribution < -0.4 is 0 Å². The molecule has 0 aromatic rings. The third-order valence-corrected chi connectivity index (χ3v) is 1.50. The van der Waals surface area contributed by atoms with Crippen LogP contribution in [0.15, 0.2) is 4.99 Å². The van der Waals surface area contributed by atoms with Crippen LogP contribution >= 0.6 is 0 Å². The summed E-state index contributed by atoms with van der Waals surface area (Å²) in [5.41, 5.74) is 0. The molecule has 0 spiro atoms. The van der Waals surface area contributed by atoms with Gasteiger partial charge in [-0.1, -0.05) is 0 Å². The van der Waals surface area contributed by atoms with E-state index in [1.165, 1.54) is 0 Å². The molecule has 5 nitrogen and oxygen atoms in total. The Morgan fingerprint density at radius 3 is 3.08 bits per heavy atom. The molecular formula is C7H8N4O. The molecule has 1 aliphatic heterocycles. The van der Waals surface area contributed by atoms with E-state index in [0.29, 0.717) is 32.1 Å². The second-order valence-electron chi connectivity index (χ2n) is 2.24. The van der Waals surface area contributed by atoms with Crippen molar-refractivity contribution in [2.45, 2.75) is 6.42 Å². The smallest absolute Gasteiger partial charge is 0.302 e. The molecule has 12 heavy (non-hydrogen) atoms. The van der Waals surface area contributed by atoms with Crippen molar-refractivity contribution in [3.8, 4) is 12.3 Å². The van der Waals surface area contributed by atoms with Crippen LogP contribution in [-0.4, -0.2) is 30.6 Å². The fourth-order valence-electron chi connectivity index (χ4n) is 0.972. The highest BCUT2D eigenvalue weighted by molar-refractivity contribution is 5.76. The minimum absolute atomic E-state index is 0.341. The third-order valence-electron chi connectivity index (χ3n) is 1.50. The van der Waals surface area contributed by atoms with E-state index in [-0.39, 0.29) is 0 Å². The molecule has 1 rings (SSSR count). The quantitative estimate of drug-likeness (QED) is 0.541. The zero-order valence-corrected chi connectivity index (χ0v) is 6.53. The third kappa shape index (κ3) is 1.86. The lowest BCUT2D eigenvalue weighted by molar-refractivity contribution is 0.352. The van der Waals surface area contributed by atoms with Crippen LogP contribution in [0.4, 0.5) is 0 Å². The van der Waals surface area contributed by atoms with Crippen molar-refractivity contribution in [3.05, 3.63) is 0 Å². The molecule has 1 heterocycles. The highest BCUT2D eigenvalue weighted by Gasteiger charge is 2.19. The predicted molar refractivity (Wildman–Crippen MR) is 40.8 cm³/mol. The Balaban J connectivity index is 2.49. The highest BCUT2D eigenvalue weighted by Crippen LogP contribution is 2.03. The highest BCUT2D eigenvalue weighted by atomic mass is 16.5. The molecule has 0 aromatic carbocycles. The molecule has 1 fully saturated rings. The van der Waals surface area contributed by atoms with Crippen molar-refractivity contribution >= 4 is 6.02 Å². The second-order valence-corrected chi connectivity index (χ2v) is 2.24. The largest absolute Gasteiger partial charge is 0.463 e. The summed E-state index contributed by atoms with van der Waals surface area (Å²) in [6.45, 7) is 1.84. The van der Waals surface area contributed by atoms with Crippen LogP contribution in [0, 0.1) is 22.8 Å². The van der Waals surface area contributed by atoms with Crippen LogP contribution in [0.3, 0.4) is 0 Å². The van der Waals surface area contributed by atoms with E-state index in [0.717, 1.165) is 0 Å². The molecule has 1 aliphatic rings. The molecule has 0 radical (unpaired) electrons. The van der Waals surface area contributed by atoms with Crippen LogP contribution in [0.25, 0.3) is 0 Å². The molecule has 5 heteroatoms. The number of hydrogen-bond acceptors (Lipinski definition) is 4. The Bertz CT molecular complexity index is 260. The van der Waals surface area contributed by atoms with E-state index >= 15 is 0 Å². The number of amidine groups is 1. The fraction of sp³-hybridized carbons (Fsp3) is 0.571. The maximum absolute atomic E-state index is 8.32. The van der Waals surface area contributed by atoms with E-state index in [4.69, 9.17) is 15.3 Å². The minimum atomic E-state index is 0.341. The first kappa shape index (κ1) is 8.35. The zero-order valence-electron chi connectivity index (χ0n) is 6.53. The summed E-state index contributed by atoms with van der Waals surface area (Å²) in [6, 6.07) is 2.36. The summed E-state index contributed by atoms with van der Waals surface area (Å²) >= 11 is 0. The summed E-state index contributed by atoms with van der Waals surface area (Å²) in [5.74, 6) is 0. The number of nitriles is 2. The van der Waals surface area contributed by atoms with Gasteiger partial charge < -0.3 is 9.64 Å². The molecule has 0 unspecified atom stereocenters. The second kappa shape index (κ2) is 4.20. The van der Waals surface area contributed by atoms with Crippen molar-refractivity contribution in [3.63, 3.8) is 0 Å². The van der Waals surface area contributed by atoms with E-state index < -0.39 is 0 Å². The average Bonchev–Trinajstić information content (AvgIpc) is 2.50. The Kier molecular flexibility index (Phi) is 2.92. The minimum Gasteiger partial charge on any atom is -0.463 e. The van der Waals surface area contributed by atoms with Gasteiger partial charge in [-0.15, -0.1) is 4.99 Å². The van der Waals surface area contributed by atoms with Crippen molar-refractivity contribution in [2.75, 3.05) is 19.7 Å². The first-order chi connectivity index (χ1) is 5.88. The van der Waals surface area contributed by atoms with Gasteiger partial charge in [-0.05, 0) is 0 Å². The van der Waals surface area contributed by atoms with E-state index in [2.05, 4.69) is 4.99 Å². The normalized spacial score (nSPS) is 18.5. The molecule has 0 bridgehead atoms. The first-order valence-electron chi connectivity index (χ1n) is 3.60. The molecule has 0 amide bonds. The summed E-state index contributed by atoms with van der Waals surface area (Å²) < 4.78 is 5.05. The lowest BCUT2D eigenvalue weighted by Gasteiger charge is -2.11. The Morgan fingerprint density at radius 2 is 2.42 bits per heavy atom. The fourth-order valence-corrected chi connectivity index (χ4v) is 0.972. The molecule has 0 N–H and O–H groups in total. The molecule has 1 saturated heterocycles. The maximum Gasteiger partial charge on any atom is 0.302 e. The number of aliphatic imine (C=N–C) groups is 1. The summed E-state index contributed by atoms with van der Waals surface area (Å²) in [6.07, 6.45) is 2.08. The molecule has 0 atom stereocenters. The summed E-state index contributed by atoms with van der Waals surface area (Å²) in [7, 11) is 0. The zero-order chi connectivity index (χ0) is 8.81. The van der Waals surface area contributed by atoms with Crippen molar-refractivity contribution in [1.29, 1.82) is 10.5 Å². The molecule has 0 aliphatic carbocycles. The van der Waals surface area contributed by atoms with E-state index in [9.17, 15) is 0 Å². The van der Waals surface area contributed by atoms with Crippen molar-refractivity contribution < 1.29 is 4.74 Å². The first-order valence-corrected chi connectivity index (χ1v) is 3.60. The molecule has 0 saturated carbocycles. The maximum atomic E-state index is 8.32. The average molecular weight is 164 g/mol. The van der Waals surface area contributed by atoms with Crippen LogP contribution in [0.5, 0.6) is 0 Å². The molecule has 62 valence electrons. The van der Waals surface area contributed by atoms with E-state index in [1.54, 1.807) is 11.1 Å². The van der Waals surface area contributed by atoms with E-state index in [1.807, 2.05) is 6.07 Å². The van der Waals surface area contributed by atoms with Gasteiger partial charge in [0.15, 0.2) is 0 Å². The number of hydrogen-bond donors (Lipinski definition) is 0. The summed E-state index contributed by atoms with van der Waals surface area (Å²) in [5, 5.41) is 16.6. The standard InChI is InChI=1S/C7H8N4O/c8-2-1-3-11-4-5-12-7(11)10-6-9/h1,3-5H2. The van der Waals surface area contributed by atoms with Gasteiger partial charge in [0, 0.05) is 6.54 Å². The molecular weight excluding hydrogens is 156 g/mol. The van der Waals surface area contributed by atoms with Gasteiger partial charge >= 0.3 is 6.02 Å². The summed E-state index contributed by atoms with van der Waals surface area (Å²) in [4.78, 5) is 5.26. The number of ether oxygens (including phenoxy) is 1. The van der Waals surface area contributed by atoms with Gasteiger partial charge in [-0.25, -0.2) is 0 Å². The number of nitrogens with zero attached hydrogens (tertiary/aromatic N) is 4. The van der Waals surface area contributed by atoms with Crippen molar-refractivity contribution in [1.82, 2.24) is 4.90 Å². The predicted octanol–water partition coefficient (Wildman–Crippen LogP) is 0.0694.